The highest BCUT2D eigenvalue weighted by Gasteiger charge is 2.22. The van der Waals surface area contributed by atoms with Crippen LogP contribution in [0.1, 0.15) is 44.1 Å². The predicted octanol–water partition coefficient (Wildman–Crippen LogP) is 6.12. The molecule has 0 bridgehead atoms. The molecule has 0 saturated heterocycles. The predicted molar refractivity (Wildman–Crippen MR) is 104 cm³/mol. The standard InChI is InChI=1S/C23H27FO2/c1-3-15-26-21-12-9-18(10-13-21)17-5-7-19(8-6-17)20-11-14-23(25-4-2)22(24)16-20/h3,5-8,11,14,16,18,21H,1,4,9-10,12-13,15H2,2H3. The summed E-state index contributed by atoms with van der Waals surface area (Å²) in [5.41, 5.74) is 3.26. The van der Waals surface area contributed by atoms with Gasteiger partial charge < -0.3 is 9.47 Å². The molecule has 1 fully saturated rings. The highest BCUT2D eigenvalue weighted by molar-refractivity contribution is 5.64. The summed E-state index contributed by atoms with van der Waals surface area (Å²) in [5, 5.41) is 0. The van der Waals surface area contributed by atoms with Gasteiger partial charge in [-0.1, -0.05) is 36.4 Å². The highest BCUT2D eigenvalue weighted by atomic mass is 19.1. The summed E-state index contributed by atoms with van der Waals surface area (Å²) in [6, 6.07) is 13.7. The smallest absolute Gasteiger partial charge is 0.165 e. The third-order valence-electron chi connectivity index (χ3n) is 5.07. The quantitative estimate of drug-likeness (QED) is 0.558. The SMILES string of the molecule is C=CCOC1CCC(c2ccc(-c3ccc(OCC)c(F)c3)cc2)CC1. The molecular weight excluding hydrogens is 327 g/mol. The Bertz CT molecular complexity index is 715. The first-order valence-corrected chi connectivity index (χ1v) is 9.46. The molecule has 0 N–H and O–H groups in total. The molecule has 3 heteroatoms. The van der Waals surface area contributed by atoms with Gasteiger partial charge in [-0.3, -0.25) is 0 Å². The van der Waals surface area contributed by atoms with Gasteiger partial charge >= 0.3 is 0 Å². The lowest BCUT2D eigenvalue weighted by Gasteiger charge is -2.28. The van der Waals surface area contributed by atoms with E-state index in [1.165, 1.54) is 5.56 Å². The van der Waals surface area contributed by atoms with Crippen molar-refractivity contribution in [3.05, 3.63) is 66.5 Å². The summed E-state index contributed by atoms with van der Waals surface area (Å²) in [4.78, 5) is 0. The number of benzene rings is 2. The molecule has 0 unspecified atom stereocenters. The molecule has 0 aromatic heterocycles. The Balaban J connectivity index is 1.64. The maximum atomic E-state index is 14.1. The monoisotopic (exact) mass is 354 g/mol. The van der Waals surface area contributed by atoms with Gasteiger partial charge in [-0.15, -0.1) is 6.58 Å². The van der Waals surface area contributed by atoms with Gasteiger partial charge in [0.15, 0.2) is 11.6 Å². The maximum absolute atomic E-state index is 14.1. The first-order chi connectivity index (χ1) is 12.7. The van der Waals surface area contributed by atoms with E-state index in [4.69, 9.17) is 9.47 Å². The number of hydrogen-bond acceptors (Lipinski definition) is 2. The Hall–Kier alpha value is -2.13. The Morgan fingerprint density at radius 3 is 2.35 bits per heavy atom. The number of rotatable bonds is 7. The molecule has 1 saturated carbocycles. The van der Waals surface area contributed by atoms with Crippen molar-refractivity contribution < 1.29 is 13.9 Å². The first-order valence-electron chi connectivity index (χ1n) is 9.46. The van der Waals surface area contributed by atoms with Crippen LogP contribution >= 0.6 is 0 Å². The Kier molecular flexibility index (Phi) is 6.45. The molecule has 3 rings (SSSR count). The van der Waals surface area contributed by atoms with Gasteiger partial charge in [0.25, 0.3) is 0 Å². The van der Waals surface area contributed by atoms with Crippen LogP contribution < -0.4 is 4.74 Å². The van der Waals surface area contributed by atoms with Gasteiger partial charge in [-0.05, 0) is 67.3 Å². The Morgan fingerprint density at radius 1 is 1.04 bits per heavy atom. The summed E-state index contributed by atoms with van der Waals surface area (Å²) >= 11 is 0. The minimum absolute atomic E-state index is 0.309. The first kappa shape index (κ1) is 18.7. The molecule has 2 nitrogen and oxygen atoms in total. The summed E-state index contributed by atoms with van der Waals surface area (Å²) < 4.78 is 25.1. The van der Waals surface area contributed by atoms with Gasteiger partial charge in [-0.2, -0.15) is 0 Å². The summed E-state index contributed by atoms with van der Waals surface area (Å²) in [6.07, 6.45) is 6.69. The van der Waals surface area contributed by atoms with E-state index in [1.54, 1.807) is 12.1 Å². The molecule has 0 spiro atoms. The van der Waals surface area contributed by atoms with Crippen molar-refractivity contribution in [2.45, 2.75) is 44.6 Å². The van der Waals surface area contributed by atoms with Crippen LogP contribution in [0.25, 0.3) is 11.1 Å². The van der Waals surface area contributed by atoms with Crippen LogP contribution in [0.3, 0.4) is 0 Å². The molecule has 26 heavy (non-hydrogen) atoms. The van der Waals surface area contributed by atoms with Crippen molar-refractivity contribution in [3.8, 4) is 16.9 Å². The molecule has 2 aromatic carbocycles. The Labute approximate surface area is 155 Å². The zero-order chi connectivity index (χ0) is 18.4. The van der Waals surface area contributed by atoms with Gasteiger partial charge in [0.2, 0.25) is 0 Å². The van der Waals surface area contributed by atoms with E-state index in [0.717, 1.165) is 36.8 Å². The minimum atomic E-state index is -0.314. The van der Waals surface area contributed by atoms with Crippen LogP contribution in [-0.2, 0) is 4.74 Å². The molecule has 1 aliphatic rings. The third kappa shape index (κ3) is 4.53. The van der Waals surface area contributed by atoms with Crippen molar-refractivity contribution in [3.63, 3.8) is 0 Å². The molecule has 1 aliphatic carbocycles. The summed E-state index contributed by atoms with van der Waals surface area (Å²) in [7, 11) is 0. The van der Waals surface area contributed by atoms with E-state index < -0.39 is 0 Å². The molecular formula is C23H27FO2. The minimum Gasteiger partial charge on any atom is -0.491 e. The van der Waals surface area contributed by atoms with E-state index in [1.807, 2.05) is 19.1 Å². The summed E-state index contributed by atoms with van der Waals surface area (Å²) in [5.74, 6) is 0.583. The molecule has 0 amide bonds. The van der Waals surface area contributed by atoms with E-state index in [0.29, 0.717) is 31.0 Å². The largest absolute Gasteiger partial charge is 0.491 e. The van der Waals surface area contributed by atoms with Crippen LogP contribution in [0.5, 0.6) is 5.75 Å². The van der Waals surface area contributed by atoms with E-state index in [-0.39, 0.29) is 5.82 Å². The van der Waals surface area contributed by atoms with Crippen molar-refractivity contribution in [2.24, 2.45) is 0 Å². The van der Waals surface area contributed by atoms with Crippen LogP contribution in [0, 0.1) is 5.82 Å². The van der Waals surface area contributed by atoms with Crippen molar-refractivity contribution >= 4 is 0 Å². The van der Waals surface area contributed by atoms with Gasteiger partial charge in [-0.25, -0.2) is 4.39 Å². The molecule has 2 aromatic rings. The second kappa shape index (κ2) is 9.00. The van der Waals surface area contributed by atoms with Crippen LogP contribution in [0.2, 0.25) is 0 Å². The highest BCUT2D eigenvalue weighted by Crippen LogP contribution is 2.35. The fourth-order valence-electron chi connectivity index (χ4n) is 3.67. The second-order valence-electron chi connectivity index (χ2n) is 6.80. The third-order valence-corrected chi connectivity index (χ3v) is 5.07. The average Bonchev–Trinajstić information content (AvgIpc) is 2.69. The zero-order valence-corrected chi connectivity index (χ0v) is 15.4. The second-order valence-corrected chi connectivity index (χ2v) is 6.80. The average molecular weight is 354 g/mol. The molecule has 138 valence electrons. The normalized spacial score (nSPS) is 19.9. The fraction of sp³-hybridized carbons (Fsp3) is 0.391. The van der Waals surface area contributed by atoms with Crippen LogP contribution in [0.4, 0.5) is 4.39 Å². The number of hydrogen-bond donors (Lipinski definition) is 0. The molecule has 0 atom stereocenters. The molecule has 0 aliphatic heterocycles. The molecule has 0 heterocycles. The number of ether oxygens (including phenoxy) is 2. The number of halogens is 1. The lowest BCUT2D eigenvalue weighted by molar-refractivity contribution is 0.0424. The van der Waals surface area contributed by atoms with Crippen LogP contribution in [0.15, 0.2) is 55.1 Å². The topological polar surface area (TPSA) is 18.5 Å². The van der Waals surface area contributed by atoms with Crippen LogP contribution in [-0.4, -0.2) is 19.3 Å². The van der Waals surface area contributed by atoms with Gasteiger partial charge in [0.1, 0.15) is 0 Å². The fourth-order valence-corrected chi connectivity index (χ4v) is 3.67. The summed E-state index contributed by atoms with van der Waals surface area (Å²) in [6.45, 7) is 6.66. The maximum Gasteiger partial charge on any atom is 0.165 e. The van der Waals surface area contributed by atoms with Crippen molar-refractivity contribution in [1.29, 1.82) is 0 Å². The van der Waals surface area contributed by atoms with Crippen molar-refractivity contribution in [2.75, 3.05) is 13.2 Å². The lowest BCUT2D eigenvalue weighted by Crippen LogP contribution is -2.20. The van der Waals surface area contributed by atoms with E-state index in [9.17, 15) is 4.39 Å². The van der Waals surface area contributed by atoms with Gasteiger partial charge in [0, 0.05) is 0 Å². The van der Waals surface area contributed by atoms with Gasteiger partial charge in [0.05, 0.1) is 19.3 Å². The van der Waals surface area contributed by atoms with E-state index in [2.05, 4.69) is 30.8 Å². The van der Waals surface area contributed by atoms with E-state index >= 15 is 0 Å². The van der Waals surface area contributed by atoms with Crippen molar-refractivity contribution in [1.82, 2.24) is 0 Å². The zero-order valence-electron chi connectivity index (χ0n) is 15.4. The molecule has 0 radical (unpaired) electrons. The Morgan fingerprint density at radius 2 is 1.73 bits per heavy atom. The lowest BCUT2D eigenvalue weighted by atomic mass is 9.82.